The van der Waals surface area contributed by atoms with Crippen LogP contribution in [-0.2, 0) is 6.54 Å². The van der Waals surface area contributed by atoms with Crippen LogP contribution < -0.4 is 25.4 Å². The van der Waals surface area contributed by atoms with E-state index in [9.17, 15) is 4.79 Å². The van der Waals surface area contributed by atoms with Gasteiger partial charge >= 0.3 is 0 Å². The molecule has 1 saturated carbocycles. The monoisotopic (exact) mass is 566 g/mol. The van der Waals surface area contributed by atoms with Crippen molar-refractivity contribution in [2.75, 3.05) is 27.2 Å². The quantitative estimate of drug-likeness (QED) is 0.175. The van der Waals surface area contributed by atoms with Gasteiger partial charge < -0.3 is 25.4 Å². The Bertz CT molecular complexity index is 886. The maximum Gasteiger partial charge on any atom is 0.251 e. The summed E-state index contributed by atoms with van der Waals surface area (Å²) in [4.78, 5) is 16.4. The third-order valence-electron chi connectivity index (χ3n) is 5.50. The molecular formula is C25H35IN4O3. The van der Waals surface area contributed by atoms with Crippen LogP contribution in [0.5, 0.6) is 11.5 Å². The highest BCUT2D eigenvalue weighted by atomic mass is 127. The normalized spacial score (nSPS) is 13.7. The highest BCUT2D eigenvalue weighted by Gasteiger charge is 2.20. The summed E-state index contributed by atoms with van der Waals surface area (Å²) in [5, 5.41) is 9.57. The van der Waals surface area contributed by atoms with E-state index >= 15 is 0 Å². The number of nitrogens with zero attached hydrogens (tertiary/aromatic N) is 1. The molecular weight excluding hydrogens is 531 g/mol. The Morgan fingerprint density at radius 2 is 1.73 bits per heavy atom. The van der Waals surface area contributed by atoms with Crippen molar-refractivity contribution in [1.29, 1.82) is 0 Å². The number of aliphatic imine (C=N–C) groups is 1. The molecule has 3 rings (SSSR count). The molecule has 1 amide bonds. The summed E-state index contributed by atoms with van der Waals surface area (Å²) < 4.78 is 11.8. The summed E-state index contributed by atoms with van der Waals surface area (Å²) in [7, 11) is 3.42. The number of carbonyl (C=O) groups is 1. The van der Waals surface area contributed by atoms with Gasteiger partial charge in [-0.3, -0.25) is 9.79 Å². The summed E-state index contributed by atoms with van der Waals surface area (Å²) in [6.07, 6.45) is 5.66. The molecule has 0 saturated heterocycles. The molecule has 180 valence electrons. The molecule has 7 nitrogen and oxygen atoms in total. The maximum absolute atomic E-state index is 12.1. The number of ether oxygens (including phenoxy) is 2. The van der Waals surface area contributed by atoms with E-state index in [4.69, 9.17) is 9.47 Å². The maximum atomic E-state index is 12.1. The first-order valence-corrected chi connectivity index (χ1v) is 11.3. The minimum atomic E-state index is -0.0547. The highest BCUT2D eigenvalue weighted by molar-refractivity contribution is 14.0. The topological polar surface area (TPSA) is 84.0 Å². The van der Waals surface area contributed by atoms with Gasteiger partial charge in [0.25, 0.3) is 5.91 Å². The van der Waals surface area contributed by atoms with E-state index in [1.54, 1.807) is 14.2 Å². The number of rotatable bonds is 10. The predicted molar refractivity (Wildman–Crippen MR) is 143 cm³/mol. The zero-order chi connectivity index (χ0) is 22.6. The fourth-order valence-corrected chi connectivity index (χ4v) is 3.76. The lowest BCUT2D eigenvalue weighted by molar-refractivity contribution is 0.0953. The van der Waals surface area contributed by atoms with Crippen LogP contribution in [0, 0.1) is 0 Å². The summed E-state index contributed by atoms with van der Waals surface area (Å²) >= 11 is 0. The molecule has 0 unspecified atom stereocenters. The molecule has 0 bridgehead atoms. The summed E-state index contributed by atoms with van der Waals surface area (Å²) in [6, 6.07) is 15.2. The average Bonchev–Trinajstić information content (AvgIpc) is 3.35. The molecule has 3 N–H and O–H groups in total. The zero-order valence-corrected chi connectivity index (χ0v) is 21.8. The zero-order valence-electron chi connectivity index (χ0n) is 19.4. The van der Waals surface area contributed by atoms with E-state index in [2.05, 4.69) is 20.9 Å². The van der Waals surface area contributed by atoms with Crippen molar-refractivity contribution < 1.29 is 14.3 Å². The standard InChI is InChI=1S/C25H34N4O3.HI/c1-26-25(28-17-9-16-27-24(30)19-10-4-3-5-11-19)29-18-20-12-8-15-22(31-2)23(20)32-21-13-6-7-14-21;/h3-5,8,10-12,15,21H,6-7,9,13-14,16-18H2,1-2H3,(H,27,30)(H2,26,28,29);1H. The van der Waals surface area contributed by atoms with E-state index in [1.807, 2.05) is 48.5 Å². The lowest BCUT2D eigenvalue weighted by atomic mass is 10.1. The molecule has 2 aromatic carbocycles. The third-order valence-corrected chi connectivity index (χ3v) is 5.50. The SMILES string of the molecule is CN=C(NCCCNC(=O)c1ccccc1)NCc1cccc(OC)c1OC1CCCC1.I. The molecule has 33 heavy (non-hydrogen) atoms. The number of methoxy groups -OCH3 is 1. The first kappa shape index (κ1) is 26.8. The Hall–Kier alpha value is -2.49. The Labute approximate surface area is 213 Å². The number of benzene rings is 2. The van der Waals surface area contributed by atoms with Gasteiger partial charge in [-0.2, -0.15) is 0 Å². The lowest BCUT2D eigenvalue weighted by Gasteiger charge is -2.20. The van der Waals surface area contributed by atoms with E-state index in [0.29, 0.717) is 31.2 Å². The van der Waals surface area contributed by atoms with Crippen LogP contribution in [0.2, 0.25) is 0 Å². The van der Waals surface area contributed by atoms with E-state index < -0.39 is 0 Å². The smallest absolute Gasteiger partial charge is 0.251 e. The van der Waals surface area contributed by atoms with Crippen LogP contribution in [0.25, 0.3) is 0 Å². The van der Waals surface area contributed by atoms with Crippen LogP contribution in [0.15, 0.2) is 53.5 Å². The molecule has 1 aliphatic carbocycles. The highest BCUT2D eigenvalue weighted by Crippen LogP contribution is 2.34. The van der Waals surface area contributed by atoms with Gasteiger partial charge in [-0.15, -0.1) is 24.0 Å². The largest absolute Gasteiger partial charge is 0.493 e. The summed E-state index contributed by atoms with van der Waals surface area (Å²) in [5.41, 5.74) is 1.71. The van der Waals surface area contributed by atoms with Crippen molar-refractivity contribution in [2.24, 2.45) is 4.99 Å². The van der Waals surface area contributed by atoms with Gasteiger partial charge in [0.2, 0.25) is 0 Å². The van der Waals surface area contributed by atoms with Crippen molar-refractivity contribution in [3.8, 4) is 11.5 Å². The lowest BCUT2D eigenvalue weighted by Crippen LogP contribution is -2.38. The number of amides is 1. The van der Waals surface area contributed by atoms with Gasteiger partial charge in [0.1, 0.15) is 0 Å². The Balaban J connectivity index is 0.00000385. The molecule has 0 radical (unpaired) electrons. The van der Waals surface area contributed by atoms with Crippen molar-refractivity contribution in [3.63, 3.8) is 0 Å². The van der Waals surface area contributed by atoms with Gasteiger partial charge in [0.05, 0.1) is 13.2 Å². The third kappa shape index (κ3) is 8.42. The molecule has 0 atom stereocenters. The molecule has 8 heteroatoms. The molecule has 0 aromatic heterocycles. The number of hydrogen-bond acceptors (Lipinski definition) is 4. The molecule has 0 aliphatic heterocycles. The number of halogens is 1. The van der Waals surface area contributed by atoms with Crippen LogP contribution in [0.3, 0.4) is 0 Å². The van der Waals surface area contributed by atoms with Gasteiger partial charge in [0.15, 0.2) is 17.5 Å². The van der Waals surface area contributed by atoms with Gasteiger partial charge in [-0.05, 0) is 50.3 Å². The van der Waals surface area contributed by atoms with Crippen molar-refractivity contribution in [1.82, 2.24) is 16.0 Å². The second kappa shape index (κ2) is 14.6. The second-order valence-electron chi connectivity index (χ2n) is 7.80. The van der Waals surface area contributed by atoms with Crippen LogP contribution in [0.1, 0.15) is 48.0 Å². The minimum Gasteiger partial charge on any atom is -0.493 e. The van der Waals surface area contributed by atoms with Crippen LogP contribution in [0.4, 0.5) is 0 Å². The fraction of sp³-hybridized carbons (Fsp3) is 0.440. The Morgan fingerprint density at radius 1 is 1.00 bits per heavy atom. The predicted octanol–water partition coefficient (Wildman–Crippen LogP) is 4.12. The summed E-state index contributed by atoms with van der Waals surface area (Å²) in [5.74, 6) is 2.22. The minimum absolute atomic E-state index is 0. The first-order valence-electron chi connectivity index (χ1n) is 11.3. The van der Waals surface area contributed by atoms with Crippen LogP contribution >= 0.6 is 24.0 Å². The number of carbonyl (C=O) groups excluding carboxylic acids is 1. The Morgan fingerprint density at radius 3 is 2.42 bits per heavy atom. The van der Waals surface area contributed by atoms with Crippen LogP contribution in [-0.4, -0.2) is 45.2 Å². The number of guanidine groups is 1. The number of nitrogens with one attached hydrogen (secondary N) is 3. The molecule has 1 aliphatic rings. The Kier molecular flexibility index (Phi) is 11.9. The average molecular weight is 566 g/mol. The van der Waals surface area contributed by atoms with E-state index in [1.165, 1.54) is 12.8 Å². The van der Waals surface area contributed by atoms with E-state index in [-0.39, 0.29) is 36.0 Å². The van der Waals surface area contributed by atoms with Crippen molar-refractivity contribution >= 4 is 35.8 Å². The first-order chi connectivity index (χ1) is 15.7. The van der Waals surface area contributed by atoms with Crippen molar-refractivity contribution in [2.45, 2.75) is 44.8 Å². The molecule has 0 spiro atoms. The number of para-hydroxylation sites is 1. The molecule has 1 fully saturated rings. The second-order valence-corrected chi connectivity index (χ2v) is 7.80. The van der Waals surface area contributed by atoms with Crippen molar-refractivity contribution in [3.05, 3.63) is 59.7 Å². The van der Waals surface area contributed by atoms with Gasteiger partial charge in [-0.1, -0.05) is 30.3 Å². The van der Waals surface area contributed by atoms with E-state index in [0.717, 1.165) is 36.3 Å². The molecule has 0 heterocycles. The molecule has 2 aromatic rings. The summed E-state index contributed by atoms with van der Waals surface area (Å²) in [6.45, 7) is 1.86. The van der Waals surface area contributed by atoms with Gasteiger partial charge in [0, 0.05) is 37.8 Å². The fourth-order valence-electron chi connectivity index (χ4n) is 3.76. The van der Waals surface area contributed by atoms with Gasteiger partial charge in [-0.25, -0.2) is 0 Å². The number of hydrogen-bond donors (Lipinski definition) is 3.